The number of rotatable bonds is 3. The molecule has 0 radical (unpaired) electrons. The fourth-order valence-electron chi connectivity index (χ4n) is 5.15. The van der Waals surface area contributed by atoms with Gasteiger partial charge in [-0.3, -0.25) is 0 Å². The molecule has 2 aromatic rings. The van der Waals surface area contributed by atoms with Crippen LogP contribution in [0.25, 0.3) is 0 Å². The molecule has 3 heterocycles. The first-order valence-corrected chi connectivity index (χ1v) is 10.2. The molecule has 3 aliphatic rings. The zero-order chi connectivity index (χ0) is 19.3. The van der Waals surface area contributed by atoms with E-state index in [4.69, 9.17) is 4.98 Å². The first-order valence-electron chi connectivity index (χ1n) is 10.2. The molecule has 2 aliphatic heterocycles. The van der Waals surface area contributed by atoms with Crippen molar-refractivity contribution < 1.29 is 13.2 Å². The number of aromatic nitrogens is 3. The zero-order valence-corrected chi connectivity index (χ0v) is 15.6. The van der Waals surface area contributed by atoms with Crippen LogP contribution in [0, 0.1) is 29.3 Å². The van der Waals surface area contributed by atoms with Crippen LogP contribution in [0.4, 0.5) is 19.1 Å². The van der Waals surface area contributed by atoms with Crippen molar-refractivity contribution in [1.29, 1.82) is 0 Å². The van der Waals surface area contributed by atoms with Crippen molar-refractivity contribution in [2.45, 2.75) is 50.6 Å². The highest BCUT2D eigenvalue weighted by Gasteiger charge is 2.39. The van der Waals surface area contributed by atoms with E-state index in [0.717, 1.165) is 32.0 Å². The van der Waals surface area contributed by atoms with Crippen LogP contribution in [-0.4, -0.2) is 33.9 Å². The predicted octanol–water partition coefficient (Wildman–Crippen LogP) is 3.42. The van der Waals surface area contributed by atoms with Crippen LogP contribution in [-0.2, 0) is 6.54 Å². The molecule has 2 unspecified atom stereocenters. The molecule has 1 aromatic carbocycles. The van der Waals surface area contributed by atoms with Gasteiger partial charge in [-0.25, -0.2) is 17.9 Å². The molecule has 28 heavy (non-hydrogen) atoms. The Balaban J connectivity index is 1.46. The van der Waals surface area contributed by atoms with Crippen LogP contribution in [0.2, 0.25) is 0 Å². The number of benzene rings is 1. The SMILES string of the molecule is Fc1ccc(C2CCCCn3nc(NC4[C@@H]5CC[C@H]4CNC5)nc32)c(F)c1F. The lowest BCUT2D eigenvalue weighted by Gasteiger charge is -2.31. The molecule has 0 spiro atoms. The Morgan fingerprint density at radius 2 is 1.79 bits per heavy atom. The van der Waals surface area contributed by atoms with Crippen molar-refractivity contribution in [3.05, 3.63) is 41.0 Å². The Hall–Kier alpha value is -2.09. The maximum absolute atomic E-state index is 14.5. The second-order valence-electron chi connectivity index (χ2n) is 8.26. The third-order valence-electron chi connectivity index (χ3n) is 6.60. The summed E-state index contributed by atoms with van der Waals surface area (Å²) in [4.78, 5) is 4.69. The van der Waals surface area contributed by atoms with Gasteiger partial charge in [0.2, 0.25) is 5.95 Å². The molecule has 0 amide bonds. The van der Waals surface area contributed by atoms with Crippen molar-refractivity contribution >= 4 is 5.95 Å². The number of fused-ring (bicyclic) bond motifs is 3. The van der Waals surface area contributed by atoms with Gasteiger partial charge in [0.1, 0.15) is 5.82 Å². The summed E-state index contributed by atoms with van der Waals surface area (Å²) in [6, 6.07) is 2.68. The molecule has 8 heteroatoms. The molecule has 5 rings (SSSR count). The standard InChI is InChI=1S/C20H24F3N5/c21-15-7-6-13(16(22)17(15)23)14-3-1-2-8-28-19(14)26-20(27-28)25-18-11-4-5-12(18)10-24-9-11/h6-7,11-12,14,18,24H,1-5,8-10H2,(H,25,27)/t11-,12+,14?,18?. The normalized spacial score (nSPS) is 29.4. The van der Waals surface area contributed by atoms with Crippen molar-refractivity contribution in [3.63, 3.8) is 0 Å². The predicted molar refractivity (Wildman–Crippen MR) is 98.5 cm³/mol. The molecule has 2 bridgehead atoms. The number of hydrogen-bond acceptors (Lipinski definition) is 4. The first-order chi connectivity index (χ1) is 13.6. The minimum Gasteiger partial charge on any atom is -0.350 e. The van der Waals surface area contributed by atoms with E-state index < -0.39 is 23.4 Å². The zero-order valence-electron chi connectivity index (χ0n) is 15.6. The van der Waals surface area contributed by atoms with Crippen molar-refractivity contribution in [3.8, 4) is 0 Å². The number of halogens is 3. The van der Waals surface area contributed by atoms with Gasteiger partial charge in [0.15, 0.2) is 17.5 Å². The number of hydrogen-bond donors (Lipinski definition) is 2. The average Bonchev–Trinajstić information content (AvgIpc) is 3.08. The summed E-state index contributed by atoms with van der Waals surface area (Å²) in [6.07, 6.45) is 4.79. The van der Waals surface area contributed by atoms with Crippen LogP contribution in [0.1, 0.15) is 49.4 Å². The average molecular weight is 391 g/mol. The highest BCUT2D eigenvalue weighted by Crippen LogP contribution is 2.37. The smallest absolute Gasteiger partial charge is 0.242 e. The Kier molecular flexibility index (Phi) is 4.53. The van der Waals surface area contributed by atoms with Gasteiger partial charge in [0, 0.05) is 24.1 Å². The molecule has 1 aromatic heterocycles. The molecule has 4 atom stereocenters. The van der Waals surface area contributed by atoms with E-state index in [0.29, 0.717) is 42.6 Å². The Bertz CT molecular complexity index is 867. The Morgan fingerprint density at radius 1 is 1.00 bits per heavy atom. The molecule has 2 N–H and O–H groups in total. The van der Waals surface area contributed by atoms with Gasteiger partial charge in [-0.1, -0.05) is 12.5 Å². The van der Waals surface area contributed by atoms with Crippen molar-refractivity contribution in [2.24, 2.45) is 11.8 Å². The Labute approximate surface area is 161 Å². The van der Waals surface area contributed by atoms with Gasteiger partial charge in [-0.05, 0) is 56.7 Å². The quantitative estimate of drug-likeness (QED) is 0.788. The topological polar surface area (TPSA) is 54.8 Å². The van der Waals surface area contributed by atoms with E-state index >= 15 is 0 Å². The molecule has 2 fully saturated rings. The van der Waals surface area contributed by atoms with E-state index in [1.165, 1.54) is 18.9 Å². The van der Waals surface area contributed by atoms with Crippen LogP contribution >= 0.6 is 0 Å². The monoisotopic (exact) mass is 391 g/mol. The van der Waals surface area contributed by atoms with E-state index in [9.17, 15) is 13.2 Å². The number of piperidine rings is 1. The third kappa shape index (κ3) is 2.98. The molecule has 150 valence electrons. The summed E-state index contributed by atoms with van der Waals surface area (Å²) in [5.41, 5.74) is 0.155. The lowest BCUT2D eigenvalue weighted by Crippen LogP contribution is -2.45. The number of nitrogens with zero attached hydrogens (tertiary/aromatic N) is 3. The summed E-state index contributed by atoms with van der Waals surface area (Å²) < 4.78 is 43.5. The number of nitrogens with one attached hydrogen (secondary N) is 2. The lowest BCUT2D eigenvalue weighted by atomic mass is 9.93. The minimum atomic E-state index is -1.42. The van der Waals surface area contributed by atoms with E-state index in [-0.39, 0.29) is 5.56 Å². The Morgan fingerprint density at radius 3 is 2.57 bits per heavy atom. The summed E-state index contributed by atoms with van der Waals surface area (Å²) in [6.45, 7) is 2.71. The lowest BCUT2D eigenvalue weighted by molar-refractivity contribution is 0.341. The molecule has 1 saturated carbocycles. The highest BCUT2D eigenvalue weighted by atomic mass is 19.2. The van der Waals surface area contributed by atoms with Gasteiger partial charge >= 0.3 is 0 Å². The van der Waals surface area contributed by atoms with Gasteiger partial charge in [0.25, 0.3) is 0 Å². The number of anilines is 1. The first kappa shape index (κ1) is 18.0. The van der Waals surface area contributed by atoms with Gasteiger partial charge in [-0.15, -0.1) is 5.10 Å². The van der Waals surface area contributed by atoms with E-state index in [1.807, 2.05) is 4.68 Å². The maximum atomic E-state index is 14.5. The summed E-state index contributed by atoms with van der Waals surface area (Å²) >= 11 is 0. The summed E-state index contributed by atoms with van der Waals surface area (Å²) in [5, 5.41) is 11.6. The fourth-order valence-corrected chi connectivity index (χ4v) is 5.15. The van der Waals surface area contributed by atoms with Crippen molar-refractivity contribution in [1.82, 2.24) is 20.1 Å². The second kappa shape index (κ2) is 7.06. The highest BCUT2D eigenvalue weighted by molar-refractivity contribution is 5.34. The van der Waals surface area contributed by atoms with Gasteiger partial charge in [0.05, 0.1) is 0 Å². The molecule has 5 nitrogen and oxygen atoms in total. The summed E-state index contributed by atoms with van der Waals surface area (Å²) in [7, 11) is 0. The van der Waals surface area contributed by atoms with Gasteiger partial charge < -0.3 is 10.6 Å². The molecule has 1 saturated heterocycles. The van der Waals surface area contributed by atoms with Crippen molar-refractivity contribution in [2.75, 3.05) is 18.4 Å². The molecular weight excluding hydrogens is 367 g/mol. The van der Waals surface area contributed by atoms with Crippen LogP contribution in [0.15, 0.2) is 12.1 Å². The van der Waals surface area contributed by atoms with Gasteiger partial charge in [-0.2, -0.15) is 4.98 Å². The van der Waals surface area contributed by atoms with E-state index in [2.05, 4.69) is 15.7 Å². The van der Waals surface area contributed by atoms with E-state index in [1.54, 1.807) is 0 Å². The van der Waals surface area contributed by atoms with Crippen LogP contribution < -0.4 is 10.6 Å². The third-order valence-corrected chi connectivity index (χ3v) is 6.60. The molecular formula is C20H24F3N5. The molecule has 1 aliphatic carbocycles. The summed E-state index contributed by atoms with van der Waals surface area (Å²) in [5.74, 6) is -1.79. The number of aryl methyl sites for hydroxylation is 1. The second-order valence-corrected chi connectivity index (χ2v) is 8.26. The largest absolute Gasteiger partial charge is 0.350 e. The fraction of sp³-hybridized carbons (Fsp3) is 0.600. The minimum absolute atomic E-state index is 0.155. The maximum Gasteiger partial charge on any atom is 0.242 e. The van der Waals surface area contributed by atoms with Crippen LogP contribution in [0.5, 0.6) is 0 Å². The van der Waals surface area contributed by atoms with Crippen LogP contribution in [0.3, 0.4) is 0 Å².